The van der Waals surface area contributed by atoms with Gasteiger partial charge in [-0.15, -0.1) is 0 Å². The number of hydrogen-bond donors (Lipinski definition) is 6. The average Bonchev–Trinajstić information content (AvgIpc) is 3.13. The summed E-state index contributed by atoms with van der Waals surface area (Å²) in [5, 5.41) is 86.4. The van der Waals surface area contributed by atoms with E-state index in [-0.39, 0.29) is 137 Å². The van der Waals surface area contributed by atoms with E-state index in [2.05, 4.69) is 27.7 Å². The molecule has 0 unspecified atom stereocenters. The molecular weight excluding hydrogens is 839 g/mol. The van der Waals surface area contributed by atoms with E-state index in [1.165, 1.54) is 0 Å². The Morgan fingerprint density at radius 1 is 0.800 bits per heavy atom. The molecular formula is C42H56K2O16. The van der Waals surface area contributed by atoms with Gasteiger partial charge in [-0.25, -0.2) is 4.79 Å². The SMILES string of the molecule is CC1(C)[C@@H](O[C@H]2O[C@H](C(=O)O)[C](O)[C](O)[C@H]2O[C@@H]2O[C@H](C(=O)[O-])[C@@H](O)[C](O)[C]2O)CC[C@]2(C)[C@H]3C(=O)C=C4[C@@H]5C[C@@](C)(C(=O)[O-])CC[C@]5(C)CC[C@@]4(C)[C@]3(C)CC[C@@H]12.[K+].[K+]. The number of carboxylic acids is 3. The molecule has 0 aromatic heterocycles. The van der Waals surface area contributed by atoms with Gasteiger partial charge in [0.25, 0.3) is 0 Å². The van der Waals surface area contributed by atoms with Gasteiger partial charge in [0.05, 0.1) is 12.1 Å². The third kappa shape index (κ3) is 7.97. The third-order valence-corrected chi connectivity index (χ3v) is 16.7. The number of hydrogen-bond acceptors (Lipinski definition) is 15. The van der Waals surface area contributed by atoms with E-state index in [1.807, 2.05) is 19.9 Å². The van der Waals surface area contributed by atoms with Crippen LogP contribution in [0, 0.1) is 74.7 Å². The van der Waals surface area contributed by atoms with Crippen molar-refractivity contribution in [2.24, 2.45) is 50.2 Å². The first-order valence-electron chi connectivity index (χ1n) is 20.2. The molecule has 15 atom stereocenters. The summed E-state index contributed by atoms with van der Waals surface area (Å²) in [6.45, 7) is 14.6. The Morgan fingerprint density at radius 3 is 2.03 bits per heavy atom. The number of fused-ring (bicyclic) bond motifs is 7. The summed E-state index contributed by atoms with van der Waals surface area (Å²) < 4.78 is 22.9. The maximum atomic E-state index is 14.8. The summed E-state index contributed by atoms with van der Waals surface area (Å²) in [6.07, 6.45) is -10.2. The fraction of sp³-hybridized carbons (Fsp3) is 0.762. The summed E-state index contributed by atoms with van der Waals surface area (Å²) in [4.78, 5) is 51.0. The van der Waals surface area contributed by atoms with Gasteiger partial charge < -0.3 is 69.4 Å². The van der Waals surface area contributed by atoms with Gasteiger partial charge in [-0.2, -0.15) is 0 Å². The van der Waals surface area contributed by atoms with Gasteiger partial charge in [0, 0.05) is 17.3 Å². The minimum Gasteiger partial charge on any atom is -0.550 e. The monoisotopic (exact) mass is 894 g/mol. The molecule has 0 aromatic carbocycles. The number of aliphatic hydroxyl groups is 5. The quantitative estimate of drug-likeness (QED) is 0.104. The van der Waals surface area contributed by atoms with Crippen molar-refractivity contribution in [3.63, 3.8) is 0 Å². The van der Waals surface area contributed by atoms with Crippen LogP contribution in [0.1, 0.15) is 106 Å². The van der Waals surface area contributed by atoms with Gasteiger partial charge in [-0.3, -0.25) is 4.79 Å². The zero-order chi connectivity index (χ0) is 42.9. The first-order valence-corrected chi connectivity index (χ1v) is 20.2. The number of rotatable bonds is 7. The summed E-state index contributed by atoms with van der Waals surface area (Å²) >= 11 is 0. The second kappa shape index (κ2) is 17.8. The van der Waals surface area contributed by atoms with E-state index in [9.17, 15) is 60.0 Å². The second-order valence-corrected chi connectivity index (χ2v) is 20.0. The van der Waals surface area contributed by atoms with Crippen LogP contribution in [0.25, 0.3) is 0 Å². The van der Waals surface area contributed by atoms with Crippen molar-refractivity contribution < 1.29 is 182 Å². The molecule has 4 saturated carbocycles. The van der Waals surface area contributed by atoms with Gasteiger partial charge in [0.1, 0.15) is 18.3 Å². The Balaban J connectivity index is 0.00000341. The molecule has 7 rings (SSSR count). The molecule has 2 aliphatic heterocycles. The number of carbonyl (C=O) groups excluding carboxylic acids is 3. The largest absolute Gasteiger partial charge is 1.00 e. The zero-order valence-electron chi connectivity index (χ0n) is 36.0. The molecule has 0 spiro atoms. The summed E-state index contributed by atoms with van der Waals surface area (Å²) in [7, 11) is 0. The predicted octanol–water partition coefficient (Wildman–Crippen LogP) is -4.24. The normalized spacial score (nSPS) is 47.2. The summed E-state index contributed by atoms with van der Waals surface area (Å²) in [5.41, 5.74) is -2.14. The van der Waals surface area contributed by atoms with Gasteiger partial charge in [0.2, 0.25) is 0 Å². The van der Waals surface area contributed by atoms with E-state index >= 15 is 0 Å². The molecule has 322 valence electrons. The Morgan fingerprint density at radius 2 is 1.43 bits per heavy atom. The van der Waals surface area contributed by atoms with E-state index in [0.717, 1.165) is 24.8 Å². The Bertz CT molecular complexity index is 1740. The Labute approximate surface area is 435 Å². The molecule has 6 N–H and O–H groups in total. The van der Waals surface area contributed by atoms with E-state index < -0.39 is 107 Å². The van der Waals surface area contributed by atoms with Crippen molar-refractivity contribution >= 4 is 23.7 Å². The molecule has 18 heteroatoms. The van der Waals surface area contributed by atoms with Crippen LogP contribution in [0.2, 0.25) is 0 Å². The average molecular weight is 895 g/mol. The van der Waals surface area contributed by atoms with Crippen molar-refractivity contribution in [2.75, 3.05) is 0 Å². The number of ether oxygens (including phenoxy) is 4. The number of aliphatic hydroxyl groups excluding tert-OH is 5. The van der Waals surface area contributed by atoms with E-state index in [1.54, 1.807) is 6.92 Å². The summed E-state index contributed by atoms with van der Waals surface area (Å²) in [6, 6.07) is 0. The van der Waals surface area contributed by atoms with Crippen molar-refractivity contribution in [1.29, 1.82) is 0 Å². The van der Waals surface area contributed by atoms with E-state index in [0.29, 0.717) is 38.5 Å². The van der Waals surface area contributed by atoms with Gasteiger partial charge in [-0.1, -0.05) is 54.0 Å². The van der Waals surface area contributed by atoms with Crippen LogP contribution in [0.5, 0.6) is 0 Å². The van der Waals surface area contributed by atoms with Crippen LogP contribution in [-0.2, 0) is 38.1 Å². The Hall–Kier alpha value is 0.733. The topological polar surface area (TPSA) is 273 Å². The molecule has 2 heterocycles. The van der Waals surface area contributed by atoms with Crippen LogP contribution < -0.4 is 113 Å². The van der Waals surface area contributed by atoms with E-state index in [4.69, 9.17) is 18.9 Å². The Kier molecular flexibility index (Phi) is 15.3. The maximum Gasteiger partial charge on any atom is 1.00 e. The number of allylic oxidation sites excluding steroid dienone is 2. The fourth-order valence-corrected chi connectivity index (χ4v) is 12.9. The summed E-state index contributed by atoms with van der Waals surface area (Å²) in [5.74, 6) is -5.25. The molecule has 60 heavy (non-hydrogen) atoms. The molecule has 5 aliphatic carbocycles. The molecule has 0 amide bonds. The van der Waals surface area contributed by atoms with Crippen molar-refractivity contribution in [3.8, 4) is 0 Å². The minimum atomic E-state index is -2.22. The zero-order valence-corrected chi connectivity index (χ0v) is 42.2. The van der Waals surface area contributed by atoms with Gasteiger partial charge >= 0.3 is 109 Å². The van der Waals surface area contributed by atoms with Crippen LogP contribution in [0.4, 0.5) is 0 Å². The predicted molar refractivity (Wildman–Crippen MR) is 191 cm³/mol. The van der Waals surface area contributed by atoms with Crippen molar-refractivity contribution in [2.45, 2.75) is 149 Å². The number of ketones is 1. The van der Waals surface area contributed by atoms with Crippen LogP contribution in [0.15, 0.2) is 11.6 Å². The van der Waals surface area contributed by atoms with Crippen LogP contribution in [0.3, 0.4) is 0 Å². The molecule has 16 nitrogen and oxygen atoms in total. The van der Waals surface area contributed by atoms with Crippen LogP contribution >= 0.6 is 0 Å². The molecule has 0 bridgehead atoms. The van der Waals surface area contributed by atoms with Crippen LogP contribution in [-0.4, -0.2) is 97.4 Å². The third-order valence-electron chi connectivity index (χ3n) is 16.7. The van der Waals surface area contributed by atoms with Gasteiger partial charge in [0.15, 0.2) is 48.9 Å². The fourth-order valence-electron chi connectivity index (χ4n) is 12.9. The number of aliphatic carboxylic acids is 3. The second-order valence-electron chi connectivity index (χ2n) is 20.0. The standard InChI is InChI=1S/C42H58O16.2K/c1-37(2)21-8-11-42(7)31(20(43)16-18-19-17-39(4,36(53)54)13-12-38(19,3)14-15-41(18,42)6)40(21,5)10-9-22(37)55-35-30(26(47)25(46)29(57-35)33(51)52)58-34-27(48)23(44)24(45)28(56-34)32(49)50;;/h16,19,21-22,24,28-31,34-35,44-48H,8-15,17H2,1-7H3,(H,49,50)(H,51,52)(H,53,54);;/q;2*+1/p-2/t19-,21-,22-,24-,28-,29-,30+,31+,34-,35-,38+,39-,40-,41+,42+;;/m0../s1. The molecule has 6 fully saturated rings. The van der Waals surface area contributed by atoms with Crippen molar-refractivity contribution in [3.05, 3.63) is 36.1 Å². The molecule has 4 radical (unpaired) electrons. The number of carboxylic acid groups (broad SMARTS) is 3. The minimum absolute atomic E-state index is 0. The molecule has 7 aliphatic rings. The smallest absolute Gasteiger partial charge is 0.550 e. The first kappa shape index (κ1) is 51.7. The van der Waals surface area contributed by atoms with Crippen molar-refractivity contribution in [1.82, 2.24) is 0 Å². The first-order chi connectivity index (χ1) is 26.8. The maximum absolute atomic E-state index is 14.8. The molecule has 2 saturated heterocycles. The number of carbonyl (C=O) groups is 4. The van der Waals surface area contributed by atoms with Gasteiger partial charge in [-0.05, 0) is 103 Å². The molecule has 0 aromatic rings.